The lowest BCUT2D eigenvalue weighted by molar-refractivity contribution is -0.116. The van der Waals surface area contributed by atoms with Crippen LogP contribution in [-0.2, 0) is 11.2 Å². The molecule has 3 aromatic rings. The van der Waals surface area contributed by atoms with E-state index in [2.05, 4.69) is 39.4 Å². The molecule has 0 saturated carbocycles. The van der Waals surface area contributed by atoms with Gasteiger partial charge >= 0.3 is 0 Å². The number of carbonyl (C=O) groups excluding carboxylic acids is 1. The third-order valence-electron chi connectivity index (χ3n) is 5.98. The van der Waals surface area contributed by atoms with Gasteiger partial charge in [-0.15, -0.1) is 0 Å². The molecular formula is C25H30N4O4. The van der Waals surface area contributed by atoms with E-state index in [1.165, 1.54) is 18.5 Å². The largest absolute Gasteiger partial charge is 0.493 e. The van der Waals surface area contributed by atoms with Crippen LogP contribution >= 0.6 is 0 Å². The van der Waals surface area contributed by atoms with Crippen LogP contribution in [0.5, 0.6) is 11.5 Å². The molecule has 0 spiro atoms. The van der Waals surface area contributed by atoms with E-state index in [4.69, 9.17) is 14.0 Å². The Bertz CT molecular complexity index is 1070. The summed E-state index contributed by atoms with van der Waals surface area (Å²) in [6, 6.07) is 13.5. The quantitative estimate of drug-likeness (QED) is 0.538. The van der Waals surface area contributed by atoms with Crippen molar-refractivity contribution < 1.29 is 18.8 Å². The summed E-state index contributed by atoms with van der Waals surface area (Å²) in [6.07, 6.45) is 3.05. The van der Waals surface area contributed by atoms with Gasteiger partial charge in [-0.2, -0.15) is 4.98 Å². The van der Waals surface area contributed by atoms with Crippen molar-refractivity contribution in [3.05, 3.63) is 48.4 Å². The molecule has 0 atom stereocenters. The van der Waals surface area contributed by atoms with Crippen LogP contribution in [-0.4, -0.2) is 43.4 Å². The van der Waals surface area contributed by atoms with Crippen molar-refractivity contribution >= 4 is 17.3 Å². The van der Waals surface area contributed by atoms with Gasteiger partial charge in [0.25, 0.3) is 0 Å². The Morgan fingerprint density at radius 1 is 1.09 bits per heavy atom. The number of amides is 1. The zero-order valence-electron chi connectivity index (χ0n) is 19.3. The summed E-state index contributed by atoms with van der Waals surface area (Å²) in [7, 11) is 3.12. The second-order valence-corrected chi connectivity index (χ2v) is 8.35. The lowest BCUT2D eigenvalue weighted by atomic mass is 9.98. The molecule has 2 aromatic carbocycles. The molecule has 1 saturated heterocycles. The maximum Gasteiger partial charge on any atom is 0.227 e. The highest BCUT2D eigenvalue weighted by molar-refractivity contribution is 5.91. The summed E-state index contributed by atoms with van der Waals surface area (Å²) in [6.45, 7) is 4.50. The zero-order valence-corrected chi connectivity index (χ0v) is 19.3. The van der Waals surface area contributed by atoms with Crippen LogP contribution in [0.2, 0.25) is 0 Å². The van der Waals surface area contributed by atoms with Crippen molar-refractivity contribution in [3.8, 4) is 22.9 Å². The van der Waals surface area contributed by atoms with Gasteiger partial charge in [0.2, 0.25) is 17.6 Å². The van der Waals surface area contributed by atoms with Crippen molar-refractivity contribution in [2.24, 2.45) is 5.92 Å². The Morgan fingerprint density at radius 2 is 1.82 bits per heavy atom. The highest BCUT2D eigenvalue weighted by Gasteiger charge is 2.17. The van der Waals surface area contributed by atoms with Crippen LogP contribution < -0.4 is 19.7 Å². The first-order valence-electron chi connectivity index (χ1n) is 11.3. The molecule has 8 nitrogen and oxygen atoms in total. The van der Waals surface area contributed by atoms with Gasteiger partial charge in [0, 0.05) is 48.9 Å². The van der Waals surface area contributed by atoms with Crippen LogP contribution in [0.25, 0.3) is 11.4 Å². The predicted molar refractivity (Wildman–Crippen MR) is 127 cm³/mol. The number of ether oxygens (including phenoxy) is 2. The van der Waals surface area contributed by atoms with Gasteiger partial charge in [-0.3, -0.25) is 4.79 Å². The summed E-state index contributed by atoms with van der Waals surface area (Å²) in [5, 5.41) is 6.93. The van der Waals surface area contributed by atoms with Crippen LogP contribution in [0.15, 0.2) is 47.0 Å². The molecule has 1 amide bonds. The number of anilines is 2. The van der Waals surface area contributed by atoms with Crippen molar-refractivity contribution in [2.45, 2.75) is 32.6 Å². The number of rotatable bonds is 8. The summed E-state index contributed by atoms with van der Waals surface area (Å²) in [5.74, 6) is 2.78. The molecule has 0 unspecified atom stereocenters. The van der Waals surface area contributed by atoms with Crippen molar-refractivity contribution in [1.29, 1.82) is 0 Å². The minimum atomic E-state index is -0.151. The van der Waals surface area contributed by atoms with Gasteiger partial charge in [0.1, 0.15) is 0 Å². The third-order valence-corrected chi connectivity index (χ3v) is 5.98. The van der Waals surface area contributed by atoms with E-state index in [9.17, 15) is 4.79 Å². The number of nitrogens with zero attached hydrogens (tertiary/aromatic N) is 3. The molecule has 1 aromatic heterocycles. The fourth-order valence-corrected chi connectivity index (χ4v) is 3.92. The van der Waals surface area contributed by atoms with Crippen LogP contribution in [0.3, 0.4) is 0 Å². The molecule has 8 heteroatoms. The molecule has 4 rings (SSSR count). The average molecular weight is 451 g/mol. The van der Waals surface area contributed by atoms with Gasteiger partial charge < -0.3 is 24.2 Å². The first kappa shape index (κ1) is 22.6. The molecule has 2 heterocycles. The maximum absolute atomic E-state index is 12.3. The van der Waals surface area contributed by atoms with Gasteiger partial charge in [-0.1, -0.05) is 12.1 Å². The van der Waals surface area contributed by atoms with Crippen molar-refractivity contribution in [2.75, 3.05) is 37.5 Å². The third kappa shape index (κ3) is 5.63. The van der Waals surface area contributed by atoms with Gasteiger partial charge in [0.05, 0.1) is 14.2 Å². The topological polar surface area (TPSA) is 89.7 Å². The fourth-order valence-electron chi connectivity index (χ4n) is 3.92. The highest BCUT2D eigenvalue weighted by atomic mass is 16.5. The Labute approximate surface area is 193 Å². The number of methoxy groups -OCH3 is 2. The smallest absolute Gasteiger partial charge is 0.227 e. The Hall–Kier alpha value is -3.55. The van der Waals surface area contributed by atoms with Crippen LogP contribution in [0.4, 0.5) is 11.4 Å². The number of hydrogen-bond donors (Lipinski definition) is 1. The maximum atomic E-state index is 12.3. The number of benzene rings is 2. The first-order valence-corrected chi connectivity index (χ1v) is 11.3. The lowest BCUT2D eigenvalue weighted by Gasteiger charge is -2.32. The number of hydrogen-bond acceptors (Lipinski definition) is 7. The second-order valence-electron chi connectivity index (χ2n) is 8.35. The van der Waals surface area contributed by atoms with Crippen molar-refractivity contribution in [3.63, 3.8) is 0 Å². The number of aryl methyl sites for hydroxylation is 1. The van der Waals surface area contributed by atoms with Crippen molar-refractivity contribution in [1.82, 2.24) is 10.1 Å². The molecular weight excluding hydrogens is 420 g/mol. The first-order chi connectivity index (χ1) is 16.1. The van der Waals surface area contributed by atoms with Crippen LogP contribution in [0.1, 0.15) is 32.1 Å². The molecule has 0 aliphatic carbocycles. The van der Waals surface area contributed by atoms with Gasteiger partial charge in [0.15, 0.2) is 11.5 Å². The number of piperidine rings is 1. The molecule has 0 bridgehead atoms. The Morgan fingerprint density at radius 3 is 2.52 bits per heavy atom. The minimum absolute atomic E-state index is 0.151. The second kappa shape index (κ2) is 10.4. The standard InChI is InChI=1S/C25H30N4O4/c1-17-12-14-29(15-13-17)20-7-4-18(5-8-20)25-27-24(33-28-25)11-10-23(30)26-19-6-9-21(31-2)22(16-19)32-3/h4-9,16-17H,10-15H2,1-3H3,(H,26,30). The minimum Gasteiger partial charge on any atom is -0.493 e. The normalized spacial score (nSPS) is 14.2. The Kier molecular flexibility index (Phi) is 7.12. The monoisotopic (exact) mass is 450 g/mol. The molecule has 1 aliphatic rings. The molecule has 1 N–H and O–H groups in total. The van der Waals surface area contributed by atoms with E-state index in [0.717, 1.165) is 24.6 Å². The SMILES string of the molecule is COc1ccc(NC(=O)CCc2nc(-c3ccc(N4CCC(C)CC4)cc3)no2)cc1OC. The van der Waals surface area contributed by atoms with E-state index in [1.54, 1.807) is 32.4 Å². The lowest BCUT2D eigenvalue weighted by Crippen LogP contribution is -2.32. The molecule has 1 fully saturated rings. The number of aromatic nitrogens is 2. The zero-order chi connectivity index (χ0) is 23.2. The van der Waals surface area contributed by atoms with E-state index in [1.807, 2.05) is 12.1 Å². The fraction of sp³-hybridized carbons (Fsp3) is 0.400. The average Bonchev–Trinajstić information content (AvgIpc) is 3.32. The molecule has 33 heavy (non-hydrogen) atoms. The summed E-state index contributed by atoms with van der Waals surface area (Å²) >= 11 is 0. The highest BCUT2D eigenvalue weighted by Crippen LogP contribution is 2.30. The van der Waals surface area contributed by atoms with E-state index in [-0.39, 0.29) is 12.3 Å². The summed E-state index contributed by atoms with van der Waals surface area (Å²) < 4.78 is 15.8. The van der Waals surface area contributed by atoms with E-state index in [0.29, 0.717) is 35.3 Å². The summed E-state index contributed by atoms with van der Waals surface area (Å²) in [4.78, 5) is 19.2. The molecule has 174 valence electrons. The molecule has 1 aliphatic heterocycles. The van der Waals surface area contributed by atoms with Gasteiger partial charge in [-0.25, -0.2) is 0 Å². The van der Waals surface area contributed by atoms with E-state index < -0.39 is 0 Å². The summed E-state index contributed by atoms with van der Waals surface area (Å²) in [5.41, 5.74) is 2.75. The Balaban J connectivity index is 1.31. The molecule has 0 radical (unpaired) electrons. The van der Waals surface area contributed by atoms with Gasteiger partial charge in [-0.05, 0) is 55.2 Å². The van der Waals surface area contributed by atoms with E-state index >= 15 is 0 Å². The number of nitrogens with one attached hydrogen (secondary N) is 1. The van der Waals surface area contributed by atoms with Crippen LogP contribution in [0, 0.1) is 5.92 Å². The number of carbonyl (C=O) groups is 1. The predicted octanol–water partition coefficient (Wildman–Crippen LogP) is 4.56.